The predicted octanol–water partition coefficient (Wildman–Crippen LogP) is 2.76. The van der Waals surface area contributed by atoms with E-state index in [9.17, 15) is 0 Å². The topological polar surface area (TPSA) is 38.5 Å². The Hall–Kier alpha value is -1.22. The quantitative estimate of drug-likeness (QED) is 0.833. The maximum Gasteiger partial charge on any atom is 0.123 e. The van der Waals surface area contributed by atoms with Crippen molar-refractivity contribution < 1.29 is 4.74 Å². The molecule has 1 aliphatic heterocycles. The summed E-state index contributed by atoms with van der Waals surface area (Å²) in [6.07, 6.45) is 1.31. The van der Waals surface area contributed by atoms with Crippen LogP contribution in [0.15, 0.2) is 18.2 Å². The van der Waals surface area contributed by atoms with Crippen LogP contribution in [0.3, 0.4) is 0 Å². The molecule has 0 aromatic heterocycles. The maximum atomic E-state index is 5.86. The second kappa shape index (κ2) is 5.61. The molecule has 3 nitrogen and oxygen atoms in total. The number of likely N-dealkylation sites (tertiary alicyclic amines) is 1. The lowest BCUT2D eigenvalue weighted by atomic mass is 9.95. The van der Waals surface area contributed by atoms with Gasteiger partial charge in [0, 0.05) is 24.3 Å². The summed E-state index contributed by atoms with van der Waals surface area (Å²) in [5.74, 6) is 2.55. The molecule has 1 aliphatic rings. The zero-order valence-electron chi connectivity index (χ0n) is 11.6. The van der Waals surface area contributed by atoms with E-state index in [-0.39, 0.29) is 0 Å². The Labute approximate surface area is 110 Å². The highest BCUT2D eigenvalue weighted by molar-refractivity contribution is 5.47. The van der Waals surface area contributed by atoms with E-state index in [2.05, 4.69) is 18.7 Å². The number of rotatable bonds is 4. The number of nitrogen functional groups attached to an aromatic ring is 1. The Balaban J connectivity index is 2.04. The van der Waals surface area contributed by atoms with E-state index in [1.54, 1.807) is 7.11 Å². The number of hydrogen-bond acceptors (Lipinski definition) is 3. The third kappa shape index (κ3) is 2.96. The summed E-state index contributed by atoms with van der Waals surface area (Å²) in [6.45, 7) is 7.94. The highest BCUT2D eigenvalue weighted by Crippen LogP contribution is 2.28. The molecule has 3 heteroatoms. The standard InChI is InChI=1S/C15H24N2O/c1-11(2)12-6-7-17(9-12)10-13-8-14(16)4-5-15(13)18-3/h4-5,8,11-12H,6-7,9-10,16H2,1-3H3. The normalized spacial score (nSPS) is 20.6. The van der Waals surface area contributed by atoms with Gasteiger partial charge in [0.15, 0.2) is 0 Å². The first-order valence-corrected chi connectivity index (χ1v) is 6.75. The van der Waals surface area contributed by atoms with Gasteiger partial charge in [-0.25, -0.2) is 0 Å². The van der Waals surface area contributed by atoms with E-state index in [1.807, 2.05) is 18.2 Å². The van der Waals surface area contributed by atoms with Gasteiger partial charge in [-0.15, -0.1) is 0 Å². The minimum absolute atomic E-state index is 0.776. The van der Waals surface area contributed by atoms with Gasteiger partial charge in [0.25, 0.3) is 0 Å². The molecule has 1 atom stereocenters. The van der Waals surface area contributed by atoms with Crippen molar-refractivity contribution in [3.05, 3.63) is 23.8 Å². The highest BCUT2D eigenvalue weighted by atomic mass is 16.5. The second-order valence-corrected chi connectivity index (χ2v) is 5.60. The number of methoxy groups -OCH3 is 1. The van der Waals surface area contributed by atoms with Crippen LogP contribution in [0.2, 0.25) is 0 Å². The average molecular weight is 248 g/mol. The third-order valence-corrected chi connectivity index (χ3v) is 3.95. The van der Waals surface area contributed by atoms with Gasteiger partial charge < -0.3 is 10.5 Å². The number of nitrogens with two attached hydrogens (primary N) is 1. The van der Waals surface area contributed by atoms with E-state index in [0.29, 0.717) is 0 Å². The molecule has 2 rings (SSSR count). The zero-order valence-corrected chi connectivity index (χ0v) is 11.6. The lowest BCUT2D eigenvalue weighted by Gasteiger charge is -2.19. The molecule has 0 radical (unpaired) electrons. The smallest absolute Gasteiger partial charge is 0.123 e. The van der Waals surface area contributed by atoms with Crippen LogP contribution in [-0.2, 0) is 6.54 Å². The SMILES string of the molecule is COc1ccc(N)cc1CN1CCC(C(C)C)C1. The summed E-state index contributed by atoms with van der Waals surface area (Å²) in [7, 11) is 1.72. The molecule has 0 spiro atoms. The Morgan fingerprint density at radius 2 is 2.22 bits per heavy atom. The van der Waals surface area contributed by atoms with Crippen LogP contribution in [0.5, 0.6) is 5.75 Å². The van der Waals surface area contributed by atoms with Crippen LogP contribution in [0.1, 0.15) is 25.8 Å². The molecule has 1 saturated heterocycles. The van der Waals surface area contributed by atoms with Gasteiger partial charge in [-0.1, -0.05) is 13.8 Å². The summed E-state index contributed by atoms with van der Waals surface area (Å²) in [5.41, 5.74) is 7.86. The zero-order chi connectivity index (χ0) is 13.1. The summed E-state index contributed by atoms with van der Waals surface area (Å²) in [5, 5.41) is 0. The van der Waals surface area contributed by atoms with Crippen molar-refractivity contribution in [2.45, 2.75) is 26.8 Å². The van der Waals surface area contributed by atoms with Crippen molar-refractivity contribution in [3.63, 3.8) is 0 Å². The minimum atomic E-state index is 0.776. The number of benzene rings is 1. The molecule has 0 saturated carbocycles. The first-order chi connectivity index (χ1) is 8.60. The van der Waals surface area contributed by atoms with Crippen molar-refractivity contribution in [2.75, 3.05) is 25.9 Å². The molecule has 1 aromatic carbocycles. The first kappa shape index (κ1) is 13.2. The van der Waals surface area contributed by atoms with Crippen LogP contribution in [0, 0.1) is 11.8 Å². The Kier molecular flexibility index (Phi) is 4.12. The fourth-order valence-electron chi connectivity index (χ4n) is 2.71. The van der Waals surface area contributed by atoms with Crippen molar-refractivity contribution >= 4 is 5.69 Å². The van der Waals surface area contributed by atoms with Gasteiger partial charge in [0.1, 0.15) is 5.75 Å². The molecule has 1 fully saturated rings. The molecule has 1 aromatic rings. The fraction of sp³-hybridized carbons (Fsp3) is 0.600. The van der Waals surface area contributed by atoms with E-state index < -0.39 is 0 Å². The minimum Gasteiger partial charge on any atom is -0.496 e. The number of anilines is 1. The van der Waals surface area contributed by atoms with E-state index in [4.69, 9.17) is 10.5 Å². The predicted molar refractivity (Wildman–Crippen MR) is 75.6 cm³/mol. The average Bonchev–Trinajstić information content (AvgIpc) is 2.78. The summed E-state index contributed by atoms with van der Waals surface area (Å²) < 4.78 is 5.40. The van der Waals surface area contributed by atoms with Crippen LogP contribution >= 0.6 is 0 Å². The molecule has 1 heterocycles. The van der Waals surface area contributed by atoms with Gasteiger partial charge in [-0.05, 0) is 43.0 Å². The van der Waals surface area contributed by atoms with Crippen molar-refractivity contribution in [2.24, 2.45) is 11.8 Å². The van der Waals surface area contributed by atoms with Crippen LogP contribution in [0.4, 0.5) is 5.69 Å². The fourth-order valence-corrected chi connectivity index (χ4v) is 2.71. The summed E-state index contributed by atoms with van der Waals surface area (Å²) >= 11 is 0. The Morgan fingerprint density at radius 3 is 2.83 bits per heavy atom. The second-order valence-electron chi connectivity index (χ2n) is 5.60. The van der Waals surface area contributed by atoms with E-state index in [0.717, 1.165) is 29.8 Å². The molecule has 0 amide bonds. The van der Waals surface area contributed by atoms with Crippen LogP contribution < -0.4 is 10.5 Å². The third-order valence-electron chi connectivity index (χ3n) is 3.95. The Morgan fingerprint density at radius 1 is 1.44 bits per heavy atom. The molecular formula is C15H24N2O. The molecule has 2 N–H and O–H groups in total. The summed E-state index contributed by atoms with van der Waals surface area (Å²) in [4.78, 5) is 2.50. The lowest BCUT2D eigenvalue weighted by Crippen LogP contribution is -2.21. The Bertz CT molecular complexity index is 403. The van der Waals surface area contributed by atoms with Crippen LogP contribution in [0.25, 0.3) is 0 Å². The number of nitrogens with zero attached hydrogens (tertiary/aromatic N) is 1. The molecule has 0 bridgehead atoms. The molecule has 100 valence electrons. The van der Waals surface area contributed by atoms with E-state index >= 15 is 0 Å². The van der Waals surface area contributed by atoms with Gasteiger partial charge in [-0.3, -0.25) is 4.90 Å². The molecular weight excluding hydrogens is 224 g/mol. The van der Waals surface area contributed by atoms with Crippen molar-refractivity contribution in [3.8, 4) is 5.75 Å². The number of hydrogen-bond donors (Lipinski definition) is 1. The van der Waals surface area contributed by atoms with Crippen molar-refractivity contribution in [1.82, 2.24) is 4.90 Å². The van der Waals surface area contributed by atoms with Gasteiger partial charge in [0.2, 0.25) is 0 Å². The molecule has 18 heavy (non-hydrogen) atoms. The highest BCUT2D eigenvalue weighted by Gasteiger charge is 2.25. The van der Waals surface area contributed by atoms with Gasteiger partial charge >= 0.3 is 0 Å². The lowest BCUT2D eigenvalue weighted by molar-refractivity contribution is 0.291. The molecule has 1 unspecified atom stereocenters. The largest absolute Gasteiger partial charge is 0.496 e. The van der Waals surface area contributed by atoms with Crippen molar-refractivity contribution in [1.29, 1.82) is 0 Å². The number of ether oxygens (including phenoxy) is 1. The molecule has 0 aliphatic carbocycles. The van der Waals surface area contributed by atoms with Crippen LogP contribution in [-0.4, -0.2) is 25.1 Å². The van der Waals surface area contributed by atoms with E-state index in [1.165, 1.54) is 25.1 Å². The monoisotopic (exact) mass is 248 g/mol. The van der Waals surface area contributed by atoms with Gasteiger partial charge in [-0.2, -0.15) is 0 Å². The van der Waals surface area contributed by atoms with Gasteiger partial charge in [0.05, 0.1) is 7.11 Å². The maximum absolute atomic E-state index is 5.86. The first-order valence-electron chi connectivity index (χ1n) is 6.75. The summed E-state index contributed by atoms with van der Waals surface area (Å²) in [6, 6.07) is 5.88.